The third-order valence-corrected chi connectivity index (χ3v) is 5.51. The highest BCUT2D eigenvalue weighted by atomic mass is 79.9. The van der Waals surface area contributed by atoms with Crippen LogP contribution < -0.4 is 10.5 Å². The maximum absolute atomic E-state index is 12.4. The predicted molar refractivity (Wildman–Crippen MR) is 85.5 cm³/mol. The Kier molecular flexibility index (Phi) is 5.20. The van der Waals surface area contributed by atoms with Gasteiger partial charge in [-0.05, 0) is 36.1 Å². The van der Waals surface area contributed by atoms with Gasteiger partial charge in [-0.25, -0.2) is 18.1 Å². The van der Waals surface area contributed by atoms with Crippen LogP contribution in [0.4, 0.5) is 5.82 Å². The number of piperazine rings is 1. The quantitative estimate of drug-likeness (QED) is 0.764. The molecule has 1 aliphatic rings. The molecule has 0 aromatic carbocycles. The molecule has 0 spiro atoms. The topological polar surface area (TPSA) is 91.6 Å². The third-order valence-electron chi connectivity index (χ3n) is 3.63. The normalized spacial score (nSPS) is 21.6. The minimum atomic E-state index is -3.67. The Hall–Kier alpha value is -0.740. The second kappa shape index (κ2) is 6.57. The summed E-state index contributed by atoms with van der Waals surface area (Å²) in [6, 6.07) is 1.60. The molecule has 0 radical (unpaired) electrons. The Bertz CT molecular complexity index is 610. The Morgan fingerprint density at radius 3 is 2.90 bits per heavy atom. The molecular formula is C12H20BrN5O2S. The molecule has 2 heterocycles. The molecule has 1 aromatic rings. The largest absolute Gasteiger partial charge is 0.383 e. The zero-order valence-electron chi connectivity index (χ0n) is 12.1. The number of nitrogens with one attached hydrogen (secondary N) is 1. The molecule has 0 amide bonds. The Labute approximate surface area is 133 Å². The number of aromatic nitrogens is 1. The standard InChI is InChI=1S/C12H20BrN5O2S/c1-17-3-4-18(2)10(8-17)7-16-21(19,20)11-5-9(13)6-15-12(11)14/h5-6,10,16H,3-4,7-8H2,1-2H3,(H2,14,15). The number of anilines is 1. The van der Waals surface area contributed by atoms with Crippen LogP contribution in [-0.4, -0.2) is 69.5 Å². The maximum atomic E-state index is 12.4. The van der Waals surface area contributed by atoms with Crippen LogP contribution in [0, 0.1) is 0 Å². The van der Waals surface area contributed by atoms with E-state index in [-0.39, 0.29) is 16.8 Å². The molecule has 9 heteroatoms. The summed E-state index contributed by atoms with van der Waals surface area (Å²) >= 11 is 3.21. The molecule has 0 bridgehead atoms. The molecule has 0 saturated carbocycles. The van der Waals surface area contributed by atoms with Crippen LogP contribution in [0.5, 0.6) is 0 Å². The summed E-state index contributed by atoms with van der Waals surface area (Å²) in [5.74, 6) is -0.000170. The second-order valence-corrected chi connectivity index (χ2v) is 7.94. The molecule has 21 heavy (non-hydrogen) atoms. The van der Waals surface area contributed by atoms with E-state index in [9.17, 15) is 8.42 Å². The second-order valence-electron chi connectivity index (χ2n) is 5.29. The van der Waals surface area contributed by atoms with Crippen molar-refractivity contribution in [2.45, 2.75) is 10.9 Å². The molecule has 1 fully saturated rings. The van der Waals surface area contributed by atoms with Gasteiger partial charge in [0.2, 0.25) is 10.0 Å². The lowest BCUT2D eigenvalue weighted by molar-refractivity contribution is 0.117. The van der Waals surface area contributed by atoms with Crippen LogP contribution in [-0.2, 0) is 10.0 Å². The van der Waals surface area contributed by atoms with Crippen molar-refractivity contribution in [1.82, 2.24) is 19.5 Å². The number of nitrogens with zero attached hydrogens (tertiary/aromatic N) is 3. The molecule has 1 unspecified atom stereocenters. The fraction of sp³-hybridized carbons (Fsp3) is 0.583. The van der Waals surface area contributed by atoms with Crippen molar-refractivity contribution in [3.63, 3.8) is 0 Å². The number of pyridine rings is 1. The van der Waals surface area contributed by atoms with Crippen molar-refractivity contribution in [3.05, 3.63) is 16.7 Å². The number of hydrogen-bond acceptors (Lipinski definition) is 6. The summed E-state index contributed by atoms with van der Waals surface area (Å²) in [4.78, 5) is 8.21. The van der Waals surface area contributed by atoms with Gasteiger partial charge in [0.05, 0.1) is 0 Å². The zero-order valence-corrected chi connectivity index (χ0v) is 14.5. The van der Waals surface area contributed by atoms with Gasteiger partial charge in [0, 0.05) is 42.9 Å². The number of hydrogen-bond donors (Lipinski definition) is 2. The van der Waals surface area contributed by atoms with E-state index in [0.29, 0.717) is 11.0 Å². The SMILES string of the molecule is CN1CCN(C)C(CNS(=O)(=O)c2cc(Br)cnc2N)C1. The zero-order chi connectivity index (χ0) is 15.6. The van der Waals surface area contributed by atoms with Gasteiger partial charge < -0.3 is 10.6 Å². The van der Waals surface area contributed by atoms with Crippen LogP contribution in [0.3, 0.4) is 0 Å². The first-order valence-corrected chi connectivity index (χ1v) is 8.86. The third kappa shape index (κ3) is 4.13. The summed E-state index contributed by atoms with van der Waals surface area (Å²) in [6.07, 6.45) is 1.47. The maximum Gasteiger partial charge on any atom is 0.244 e. The van der Waals surface area contributed by atoms with E-state index in [2.05, 4.69) is 35.4 Å². The van der Waals surface area contributed by atoms with Crippen LogP contribution >= 0.6 is 15.9 Å². The molecule has 2 rings (SSSR count). The highest BCUT2D eigenvalue weighted by Gasteiger charge is 2.25. The van der Waals surface area contributed by atoms with Gasteiger partial charge in [0.1, 0.15) is 10.7 Å². The predicted octanol–water partition coefficient (Wildman–Crippen LogP) is -0.0496. The summed E-state index contributed by atoms with van der Waals surface area (Å²) in [5, 5.41) is 0. The van der Waals surface area contributed by atoms with E-state index in [0.717, 1.165) is 19.6 Å². The summed E-state index contributed by atoms with van der Waals surface area (Å²) in [5.41, 5.74) is 5.66. The number of rotatable bonds is 4. The molecule has 0 aliphatic carbocycles. The first-order valence-electron chi connectivity index (χ1n) is 6.59. The van der Waals surface area contributed by atoms with Crippen LogP contribution in [0.15, 0.2) is 21.6 Å². The lowest BCUT2D eigenvalue weighted by Crippen LogP contribution is -2.54. The number of likely N-dealkylation sites (N-methyl/N-ethyl adjacent to an activating group) is 2. The van der Waals surface area contributed by atoms with Crippen molar-refractivity contribution in [2.24, 2.45) is 0 Å². The van der Waals surface area contributed by atoms with E-state index >= 15 is 0 Å². The lowest BCUT2D eigenvalue weighted by atomic mass is 10.2. The van der Waals surface area contributed by atoms with Gasteiger partial charge in [0.15, 0.2) is 0 Å². The van der Waals surface area contributed by atoms with Crippen molar-refractivity contribution in [1.29, 1.82) is 0 Å². The van der Waals surface area contributed by atoms with E-state index in [1.807, 2.05) is 14.1 Å². The number of nitrogen functional groups attached to an aromatic ring is 1. The van der Waals surface area contributed by atoms with Crippen molar-refractivity contribution in [3.8, 4) is 0 Å². The van der Waals surface area contributed by atoms with Crippen LogP contribution in [0.2, 0.25) is 0 Å². The highest BCUT2D eigenvalue weighted by molar-refractivity contribution is 9.10. The summed E-state index contributed by atoms with van der Waals surface area (Å²) in [6.45, 7) is 3.08. The summed E-state index contributed by atoms with van der Waals surface area (Å²) < 4.78 is 27.9. The lowest BCUT2D eigenvalue weighted by Gasteiger charge is -2.37. The van der Waals surface area contributed by atoms with Gasteiger partial charge in [-0.15, -0.1) is 0 Å². The molecular weight excluding hydrogens is 358 g/mol. The smallest absolute Gasteiger partial charge is 0.244 e. The Balaban J connectivity index is 2.09. The van der Waals surface area contributed by atoms with Gasteiger partial charge in [-0.2, -0.15) is 0 Å². The monoisotopic (exact) mass is 377 g/mol. The minimum Gasteiger partial charge on any atom is -0.383 e. The number of sulfonamides is 1. The number of halogens is 1. The molecule has 118 valence electrons. The summed E-state index contributed by atoms with van der Waals surface area (Å²) in [7, 11) is 0.367. The Morgan fingerprint density at radius 2 is 2.19 bits per heavy atom. The number of nitrogens with two attached hydrogens (primary N) is 1. The molecule has 1 aromatic heterocycles. The highest BCUT2D eigenvalue weighted by Crippen LogP contribution is 2.20. The molecule has 7 nitrogen and oxygen atoms in total. The first kappa shape index (κ1) is 16.6. The molecule has 3 N–H and O–H groups in total. The minimum absolute atomic E-state index is 0.000170. The molecule has 1 aliphatic heterocycles. The van der Waals surface area contributed by atoms with Crippen LogP contribution in [0.1, 0.15) is 0 Å². The Morgan fingerprint density at radius 1 is 1.48 bits per heavy atom. The fourth-order valence-electron chi connectivity index (χ4n) is 2.25. The van der Waals surface area contributed by atoms with Crippen molar-refractivity contribution < 1.29 is 8.42 Å². The first-order chi connectivity index (χ1) is 9.79. The van der Waals surface area contributed by atoms with Crippen LogP contribution in [0.25, 0.3) is 0 Å². The van der Waals surface area contributed by atoms with Gasteiger partial charge in [0.25, 0.3) is 0 Å². The van der Waals surface area contributed by atoms with E-state index < -0.39 is 10.0 Å². The molecule has 1 atom stereocenters. The van der Waals surface area contributed by atoms with Gasteiger partial charge >= 0.3 is 0 Å². The van der Waals surface area contributed by atoms with Gasteiger partial charge in [-0.3, -0.25) is 4.90 Å². The van der Waals surface area contributed by atoms with Crippen molar-refractivity contribution in [2.75, 3.05) is 46.0 Å². The van der Waals surface area contributed by atoms with Gasteiger partial charge in [-0.1, -0.05) is 0 Å². The van der Waals surface area contributed by atoms with E-state index in [1.54, 1.807) is 0 Å². The van der Waals surface area contributed by atoms with Crippen molar-refractivity contribution >= 4 is 31.8 Å². The van der Waals surface area contributed by atoms with E-state index in [1.165, 1.54) is 12.3 Å². The average molecular weight is 378 g/mol. The average Bonchev–Trinajstić information content (AvgIpc) is 2.42. The fourth-order valence-corrected chi connectivity index (χ4v) is 3.91. The molecule has 1 saturated heterocycles. The van der Waals surface area contributed by atoms with E-state index in [4.69, 9.17) is 5.73 Å².